The van der Waals surface area contributed by atoms with Crippen molar-refractivity contribution in [3.8, 4) is 0 Å². The van der Waals surface area contributed by atoms with E-state index in [1.807, 2.05) is 20.8 Å². The molecule has 0 radical (unpaired) electrons. The van der Waals surface area contributed by atoms with Crippen molar-refractivity contribution < 1.29 is 13.2 Å². The van der Waals surface area contributed by atoms with Crippen LogP contribution < -0.4 is 0 Å². The number of nitrogens with zero attached hydrogens (tertiary/aromatic N) is 4. The fourth-order valence-corrected chi connectivity index (χ4v) is 4.90. The Kier molecular flexibility index (Phi) is 6.12. The van der Waals surface area contributed by atoms with Gasteiger partial charge in [-0.3, -0.25) is 4.79 Å². The van der Waals surface area contributed by atoms with Crippen molar-refractivity contribution in [1.82, 2.24) is 18.5 Å². The molecule has 0 atom stereocenters. The van der Waals surface area contributed by atoms with Crippen LogP contribution in [0.5, 0.6) is 0 Å². The van der Waals surface area contributed by atoms with Crippen LogP contribution in [0.15, 0.2) is 5.38 Å². The van der Waals surface area contributed by atoms with Gasteiger partial charge in [-0.05, 0) is 13.3 Å². The number of hydrogen-bond acceptors (Lipinski definition) is 5. The molecule has 0 aromatic carbocycles. The van der Waals surface area contributed by atoms with E-state index in [0.717, 1.165) is 5.01 Å². The summed E-state index contributed by atoms with van der Waals surface area (Å²) >= 11 is 1.45. The quantitative estimate of drug-likeness (QED) is 0.790. The highest BCUT2D eigenvalue weighted by molar-refractivity contribution is 7.86. The molecule has 1 aromatic heterocycles. The lowest BCUT2D eigenvalue weighted by Crippen LogP contribution is -2.45. The Bertz CT molecular complexity index is 640. The van der Waals surface area contributed by atoms with E-state index in [1.165, 1.54) is 19.9 Å². The van der Waals surface area contributed by atoms with Crippen LogP contribution in [0.25, 0.3) is 0 Å². The van der Waals surface area contributed by atoms with E-state index >= 15 is 0 Å². The number of aryl methyl sites for hydroxylation is 1. The maximum absolute atomic E-state index is 12.6. The minimum absolute atomic E-state index is 0.114. The third-order valence-electron chi connectivity index (χ3n) is 3.94. The van der Waals surface area contributed by atoms with Gasteiger partial charge in [0.05, 0.1) is 5.01 Å². The van der Waals surface area contributed by atoms with Crippen molar-refractivity contribution in [3.05, 3.63) is 16.1 Å². The van der Waals surface area contributed by atoms with Gasteiger partial charge in [0.15, 0.2) is 0 Å². The number of hydrogen-bond donors (Lipinski definition) is 0. The van der Waals surface area contributed by atoms with Gasteiger partial charge in [0.2, 0.25) is 0 Å². The third kappa shape index (κ3) is 4.09. The lowest BCUT2D eigenvalue weighted by molar-refractivity contribution is 0.0759. The predicted molar refractivity (Wildman–Crippen MR) is 90.8 cm³/mol. The normalized spacial score (nSPS) is 17.5. The fourth-order valence-electron chi connectivity index (χ4n) is 2.66. The Morgan fingerprint density at radius 2 is 1.96 bits per heavy atom. The van der Waals surface area contributed by atoms with Crippen molar-refractivity contribution in [2.24, 2.45) is 0 Å². The summed E-state index contributed by atoms with van der Waals surface area (Å²) in [4.78, 5) is 18.4. The lowest BCUT2D eigenvalue weighted by Gasteiger charge is -2.27. The van der Waals surface area contributed by atoms with Crippen molar-refractivity contribution >= 4 is 27.5 Å². The summed E-state index contributed by atoms with van der Waals surface area (Å²) in [7, 11) is -3.44. The Hall–Kier alpha value is -1.03. The average molecular weight is 361 g/mol. The summed E-state index contributed by atoms with van der Waals surface area (Å²) in [6.45, 7) is 8.16. The third-order valence-corrected chi connectivity index (χ3v) is 6.90. The monoisotopic (exact) mass is 360 g/mol. The van der Waals surface area contributed by atoms with Gasteiger partial charge in [0.1, 0.15) is 5.69 Å². The molecule has 0 bridgehead atoms. The van der Waals surface area contributed by atoms with Crippen LogP contribution >= 0.6 is 11.3 Å². The smallest absolute Gasteiger partial charge is 0.282 e. The van der Waals surface area contributed by atoms with Crippen molar-refractivity contribution in [3.63, 3.8) is 0 Å². The predicted octanol–water partition coefficient (Wildman–Crippen LogP) is 1.19. The molecular formula is C14H24N4O3S2. The molecular weight excluding hydrogens is 336 g/mol. The molecule has 2 heterocycles. The van der Waals surface area contributed by atoms with E-state index in [0.29, 0.717) is 51.4 Å². The SMILES string of the molecule is CCN(CC)S(=O)(=O)N1CCCN(C(=O)c2csc(C)n2)CC1. The standard InChI is InChI=1S/C14H24N4O3S2/c1-4-17(5-2)23(20,21)18-8-6-7-16(9-10-18)14(19)13-11-22-12(3)15-13/h11H,4-10H2,1-3H3. The van der Waals surface area contributed by atoms with Crippen LogP contribution in [0, 0.1) is 6.92 Å². The Labute approximate surface area is 142 Å². The van der Waals surface area contributed by atoms with E-state index in [1.54, 1.807) is 10.3 Å². The Balaban J connectivity index is 2.06. The molecule has 0 saturated carbocycles. The van der Waals surface area contributed by atoms with Gasteiger partial charge in [-0.25, -0.2) is 4.98 Å². The molecule has 0 aliphatic carbocycles. The number of carbonyl (C=O) groups excluding carboxylic acids is 1. The number of carbonyl (C=O) groups is 1. The first-order valence-electron chi connectivity index (χ1n) is 7.86. The summed E-state index contributed by atoms with van der Waals surface area (Å²) in [6, 6.07) is 0. The molecule has 1 aliphatic rings. The highest BCUT2D eigenvalue weighted by atomic mass is 32.2. The van der Waals surface area contributed by atoms with E-state index in [2.05, 4.69) is 4.98 Å². The number of rotatable bonds is 5. The van der Waals surface area contributed by atoms with E-state index in [9.17, 15) is 13.2 Å². The van der Waals surface area contributed by atoms with E-state index in [4.69, 9.17) is 0 Å². The number of amides is 1. The van der Waals surface area contributed by atoms with Crippen molar-refractivity contribution in [2.75, 3.05) is 39.3 Å². The second-order valence-electron chi connectivity index (χ2n) is 5.39. The summed E-state index contributed by atoms with van der Waals surface area (Å²) < 4.78 is 28.1. The summed E-state index contributed by atoms with van der Waals surface area (Å²) in [5.74, 6) is -0.114. The lowest BCUT2D eigenvalue weighted by atomic mass is 10.3. The highest BCUT2D eigenvalue weighted by Crippen LogP contribution is 2.15. The second-order valence-corrected chi connectivity index (χ2v) is 8.38. The van der Waals surface area contributed by atoms with Crippen LogP contribution in [-0.4, -0.2) is 72.1 Å². The van der Waals surface area contributed by atoms with Gasteiger partial charge in [0, 0.05) is 44.6 Å². The van der Waals surface area contributed by atoms with Gasteiger partial charge in [-0.15, -0.1) is 11.3 Å². The van der Waals surface area contributed by atoms with Crippen LogP contribution in [0.3, 0.4) is 0 Å². The molecule has 2 rings (SSSR count). The summed E-state index contributed by atoms with van der Waals surface area (Å²) in [6.07, 6.45) is 0.634. The average Bonchev–Trinajstić information content (AvgIpc) is 2.80. The van der Waals surface area contributed by atoms with Gasteiger partial charge < -0.3 is 4.90 Å². The minimum atomic E-state index is -3.44. The minimum Gasteiger partial charge on any atom is -0.336 e. The topological polar surface area (TPSA) is 73.8 Å². The van der Waals surface area contributed by atoms with Crippen LogP contribution in [0.4, 0.5) is 0 Å². The molecule has 1 saturated heterocycles. The summed E-state index contributed by atoms with van der Waals surface area (Å²) in [5, 5.41) is 2.61. The molecule has 130 valence electrons. The molecule has 7 nitrogen and oxygen atoms in total. The first-order chi connectivity index (χ1) is 10.9. The summed E-state index contributed by atoms with van der Waals surface area (Å²) in [5.41, 5.74) is 0.451. The first kappa shape index (κ1) is 18.3. The van der Waals surface area contributed by atoms with Gasteiger partial charge in [0.25, 0.3) is 16.1 Å². The number of thiazole rings is 1. The molecule has 1 fully saturated rings. The zero-order valence-corrected chi connectivity index (χ0v) is 15.5. The highest BCUT2D eigenvalue weighted by Gasteiger charge is 2.30. The molecule has 1 amide bonds. The maximum Gasteiger partial charge on any atom is 0.282 e. The fraction of sp³-hybridized carbons (Fsp3) is 0.714. The Morgan fingerprint density at radius 3 is 2.52 bits per heavy atom. The first-order valence-corrected chi connectivity index (χ1v) is 10.1. The van der Waals surface area contributed by atoms with Gasteiger partial charge in [-0.1, -0.05) is 13.8 Å². The zero-order valence-electron chi connectivity index (χ0n) is 13.9. The van der Waals surface area contributed by atoms with Gasteiger partial charge >= 0.3 is 0 Å². The number of aromatic nitrogens is 1. The molecule has 0 unspecified atom stereocenters. The van der Waals surface area contributed by atoms with E-state index < -0.39 is 10.2 Å². The van der Waals surface area contributed by atoms with Crippen LogP contribution in [-0.2, 0) is 10.2 Å². The molecule has 1 aromatic rings. The molecule has 0 N–H and O–H groups in total. The largest absolute Gasteiger partial charge is 0.336 e. The molecule has 1 aliphatic heterocycles. The van der Waals surface area contributed by atoms with Crippen molar-refractivity contribution in [2.45, 2.75) is 27.2 Å². The zero-order chi connectivity index (χ0) is 17.0. The molecule has 0 spiro atoms. The van der Waals surface area contributed by atoms with Crippen molar-refractivity contribution in [1.29, 1.82) is 0 Å². The molecule has 23 heavy (non-hydrogen) atoms. The van der Waals surface area contributed by atoms with Crippen LogP contribution in [0.2, 0.25) is 0 Å². The maximum atomic E-state index is 12.6. The Morgan fingerprint density at radius 1 is 1.26 bits per heavy atom. The van der Waals surface area contributed by atoms with Crippen LogP contribution in [0.1, 0.15) is 35.8 Å². The van der Waals surface area contributed by atoms with E-state index in [-0.39, 0.29) is 5.91 Å². The van der Waals surface area contributed by atoms with Gasteiger partial charge in [-0.2, -0.15) is 17.0 Å². The second kappa shape index (κ2) is 7.69. The molecule has 9 heteroatoms.